The molecular formula is C56H100N8O26. The topological polar surface area (TPSA) is 498 Å². The summed E-state index contributed by atoms with van der Waals surface area (Å²) in [7, 11) is 0. The van der Waals surface area contributed by atoms with Crippen LogP contribution in [0.5, 0.6) is 0 Å². The number of hydrogen-bond acceptors (Lipinski definition) is 26. The van der Waals surface area contributed by atoms with Gasteiger partial charge >= 0.3 is 0 Å². The molecule has 34 nitrogen and oxygen atoms in total. The van der Waals surface area contributed by atoms with Crippen molar-refractivity contribution in [1.82, 2.24) is 42.5 Å². The van der Waals surface area contributed by atoms with Crippen molar-refractivity contribution in [2.75, 3.05) is 106 Å². The Hall–Kier alpha value is -4.96. The van der Waals surface area contributed by atoms with Crippen LogP contribution >= 0.6 is 0 Å². The van der Waals surface area contributed by atoms with Crippen molar-refractivity contribution >= 4 is 47.3 Å². The lowest BCUT2D eigenvalue weighted by Crippen LogP contribution is -2.64. The molecule has 1 saturated carbocycles. The van der Waals surface area contributed by atoms with Crippen molar-refractivity contribution in [3.8, 4) is 0 Å². The summed E-state index contributed by atoms with van der Waals surface area (Å²) in [6.07, 6.45) is -14.6. The molecule has 0 aromatic heterocycles. The van der Waals surface area contributed by atoms with E-state index in [0.717, 1.165) is 0 Å². The van der Waals surface area contributed by atoms with Gasteiger partial charge in [-0.05, 0) is 46.5 Å². The van der Waals surface area contributed by atoms with E-state index in [2.05, 4.69) is 42.5 Å². The van der Waals surface area contributed by atoms with Gasteiger partial charge in [0.15, 0.2) is 12.6 Å². The lowest BCUT2D eigenvalue weighted by Gasteiger charge is -2.42. The van der Waals surface area contributed by atoms with E-state index >= 15 is 0 Å². The van der Waals surface area contributed by atoms with E-state index in [9.17, 15) is 84.3 Å². The van der Waals surface area contributed by atoms with Crippen molar-refractivity contribution < 1.29 is 127 Å². The van der Waals surface area contributed by atoms with Crippen molar-refractivity contribution in [2.24, 2.45) is 5.92 Å². The summed E-state index contributed by atoms with van der Waals surface area (Å²) in [5, 5.41) is 113. The van der Waals surface area contributed by atoms with Crippen LogP contribution in [0.2, 0.25) is 0 Å². The average molecular weight is 1300 g/mol. The van der Waals surface area contributed by atoms with Gasteiger partial charge in [0.05, 0.1) is 89.9 Å². The Kier molecular flexibility index (Phi) is 36.6. The summed E-state index contributed by atoms with van der Waals surface area (Å²) < 4.78 is 52.0. The summed E-state index contributed by atoms with van der Waals surface area (Å²) in [5.74, 6) is -4.70. The van der Waals surface area contributed by atoms with Crippen molar-refractivity contribution in [1.29, 1.82) is 0 Å². The third-order valence-corrected chi connectivity index (χ3v) is 14.4. The van der Waals surface area contributed by atoms with E-state index < -0.39 is 170 Å². The minimum Gasteiger partial charge on any atom is -0.396 e. The van der Waals surface area contributed by atoms with Gasteiger partial charge in [0.1, 0.15) is 67.1 Å². The average Bonchev–Trinajstić information content (AvgIpc) is 1.38. The van der Waals surface area contributed by atoms with Crippen LogP contribution in [0.25, 0.3) is 0 Å². The van der Waals surface area contributed by atoms with Gasteiger partial charge in [-0.1, -0.05) is 0 Å². The highest BCUT2D eigenvalue weighted by atomic mass is 16.7. The summed E-state index contributed by atoms with van der Waals surface area (Å²) in [6, 6.07) is -3.25. The first-order valence-corrected chi connectivity index (χ1v) is 30.3. The van der Waals surface area contributed by atoms with Crippen LogP contribution in [-0.2, 0) is 81.0 Å². The van der Waals surface area contributed by atoms with Crippen LogP contribution in [0.1, 0.15) is 99.3 Å². The molecule has 0 bridgehead atoms. The molecule has 2 saturated heterocycles. The fourth-order valence-electron chi connectivity index (χ4n) is 9.62. The minimum atomic E-state index is -1.57. The molecule has 520 valence electrons. The molecule has 0 radical (unpaired) electrons. The van der Waals surface area contributed by atoms with E-state index in [-0.39, 0.29) is 137 Å². The predicted octanol–water partition coefficient (Wildman–Crippen LogP) is -7.21. The van der Waals surface area contributed by atoms with Crippen LogP contribution in [0, 0.1) is 5.92 Å². The van der Waals surface area contributed by atoms with Crippen LogP contribution in [-0.4, -0.2) is 296 Å². The van der Waals surface area contributed by atoms with E-state index in [1.54, 1.807) is 20.8 Å². The monoisotopic (exact) mass is 1300 g/mol. The molecule has 2 aliphatic heterocycles. The number of rotatable bonds is 42. The van der Waals surface area contributed by atoms with E-state index in [0.29, 0.717) is 6.42 Å². The Morgan fingerprint density at radius 2 is 0.833 bits per heavy atom. The standard InChI is InChI=1S/C56H100N8O26/c1-32(68)61-44-36(24-35(25-65)47(76)50(44)79)85-18-7-15-57-40(72)12-21-82-28-56(64-43(75)11-10-39(71)60-31-88-55(4,5)6,29-83-22-13-41(73)58-16-8-19-86-53-45(62-33(2)69)51(80)48(77)37(26-66)89-53)30-84-23-14-42(74)59-17-9-20-87-54-46(63-34(3)70)52(81)49(78)38(27-67)90-54/h35-38,44-54,65-67,76-81H,7-31H2,1-6H3,(H,57,72)(H,58,73)(H,59,74)(H,60,71)(H,61,68)(H,62,69)(H,63,70)(H,64,75)/t35?,36-,37?,38?,44?,45?,46?,47+,48+,49+,50-,51-,52-,53-,54-,56?/m1/s1. The summed E-state index contributed by atoms with van der Waals surface area (Å²) in [6.45, 7) is 5.85. The fraction of sp³-hybridized carbons (Fsp3) is 0.857. The van der Waals surface area contributed by atoms with Crippen molar-refractivity contribution in [3.05, 3.63) is 0 Å². The third kappa shape index (κ3) is 29.3. The molecule has 6 unspecified atom stereocenters. The second-order valence-electron chi connectivity index (χ2n) is 23.3. The zero-order valence-electron chi connectivity index (χ0n) is 52.3. The third-order valence-electron chi connectivity index (χ3n) is 14.4. The lowest BCUT2D eigenvalue weighted by molar-refractivity contribution is -0.270. The highest BCUT2D eigenvalue weighted by Crippen LogP contribution is 2.29. The normalized spacial score (nSPS) is 27.5. The van der Waals surface area contributed by atoms with E-state index in [4.69, 9.17) is 42.6 Å². The van der Waals surface area contributed by atoms with Gasteiger partial charge in [0, 0.05) is 91.6 Å². The van der Waals surface area contributed by atoms with Crippen LogP contribution in [0.15, 0.2) is 0 Å². The molecule has 8 amide bonds. The van der Waals surface area contributed by atoms with Gasteiger partial charge in [-0.15, -0.1) is 0 Å². The number of aliphatic hydroxyl groups is 9. The Morgan fingerprint density at radius 1 is 0.456 bits per heavy atom. The second-order valence-corrected chi connectivity index (χ2v) is 23.3. The number of aliphatic hydroxyl groups excluding tert-OH is 9. The first-order chi connectivity index (χ1) is 42.6. The van der Waals surface area contributed by atoms with Crippen molar-refractivity contribution in [2.45, 2.75) is 196 Å². The molecule has 90 heavy (non-hydrogen) atoms. The highest BCUT2D eigenvalue weighted by Gasteiger charge is 2.47. The molecule has 2 heterocycles. The van der Waals surface area contributed by atoms with Gasteiger partial charge in [-0.2, -0.15) is 0 Å². The number of amides is 8. The largest absolute Gasteiger partial charge is 0.396 e. The molecule has 3 aliphatic rings. The molecular weight excluding hydrogens is 1200 g/mol. The molecule has 0 aromatic carbocycles. The lowest BCUT2D eigenvalue weighted by atomic mass is 9.79. The van der Waals surface area contributed by atoms with Gasteiger partial charge in [0.25, 0.3) is 0 Å². The maximum absolute atomic E-state index is 13.7. The van der Waals surface area contributed by atoms with Crippen LogP contribution in [0.4, 0.5) is 0 Å². The number of ether oxygens (including phenoxy) is 9. The first-order valence-electron chi connectivity index (χ1n) is 30.3. The summed E-state index contributed by atoms with van der Waals surface area (Å²) in [5.41, 5.74) is -2.13. The quantitative estimate of drug-likeness (QED) is 0.0199. The summed E-state index contributed by atoms with van der Waals surface area (Å²) in [4.78, 5) is 101. The minimum absolute atomic E-state index is 0.0407. The molecule has 15 atom stereocenters. The zero-order chi connectivity index (χ0) is 67.0. The number of hydrogen-bond donors (Lipinski definition) is 17. The SMILES string of the molecule is CC(=O)NC1[C@H](OCCCNC(=O)CCOCC(COCCC(=O)NCCCO[C@@H]2OC(CO)[C@H](O)[C@H](O)C2NC(C)=O)(COCCC(=O)NCCCO[C@@H]2CC(CO)[C@H](O)[C@H](O)C2NC(C)=O)NC(=O)CCC(=O)NCOC(C)(C)C)OC(CO)[C@H](O)[C@@H]1O. The van der Waals surface area contributed by atoms with Crippen LogP contribution in [0.3, 0.4) is 0 Å². The summed E-state index contributed by atoms with van der Waals surface area (Å²) >= 11 is 0. The Labute approximate surface area is 523 Å². The zero-order valence-corrected chi connectivity index (χ0v) is 52.3. The number of nitrogens with one attached hydrogen (secondary N) is 8. The Balaban J connectivity index is 1.67. The van der Waals surface area contributed by atoms with E-state index in [1.165, 1.54) is 20.8 Å². The first kappa shape index (κ1) is 79.3. The molecule has 0 aromatic rings. The van der Waals surface area contributed by atoms with E-state index in [1.807, 2.05) is 0 Å². The molecule has 17 N–H and O–H groups in total. The fourth-order valence-corrected chi connectivity index (χ4v) is 9.62. The smallest absolute Gasteiger partial charge is 0.222 e. The van der Waals surface area contributed by atoms with Crippen molar-refractivity contribution in [3.63, 3.8) is 0 Å². The molecule has 34 heteroatoms. The number of carbonyl (C=O) groups excluding carboxylic acids is 8. The Bertz CT molecular complexity index is 1990. The second kappa shape index (κ2) is 41.6. The molecule has 3 rings (SSSR count). The van der Waals surface area contributed by atoms with Gasteiger partial charge in [-0.25, -0.2) is 0 Å². The molecule has 3 fully saturated rings. The molecule has 1 aliphatic carbocycles. The van der Waals surface area contributed by atoms with Gasteiger partial charge < -0.3 is 131 Å². The van der Waals surface area contributed by atoms with Gasteiger partial charge in [0.2, 0.25) is 47.3 Å². The van der Waals surface area contributed by atoms with Gasteiger partial charge in [-0.3, -0.25) is 38.4 Å². The van der Waals surface area contributed by atoms with Crippen LogP contribution < -0.4 is 42.5 Å². The Morgan fingerprint density at radius 3 is 1.22 bits per heavy atom. The maximum atomic E-state index is 13.7. The highest BCUT2D eigenvalue weighted by molar-refractivity contribution is 5.84. The molecule has 0 spiro atoms. The predicted molar refractivity (Wildman–Crippen MR) is 310 cm³/mol. The number of carbonyl (C=O) groups is 8. The maximum Gasteiger partial charge on any atom is 0.222 e.